The van der Waals surface area contributed by atoms with Gasteiger partial charge in [0.2, 0.25) is 0 Å². The summed E-state index contributed by atoms with van der Waals surface area (Å²) < 4.78 is 59.9. The molecule has 0 aromatic heterocycles. The Hall–Kier alpha value is -3.61. The number of alkyl halides is 4. The summed E-state index contributed by atoms with van der Waals surface area (Å²) in [6.07, 6.45) is -7.01. The van der Waals surface area contributed by atoms with Gasteiger partial charge >= 0.3 is 18.5 Å². The van der Waals surface area contributed by atoms with Crippen molar-refractivity contribution in [3.05, 3.63) is 95.1 Å². The van der Waals surface area contributed by atoms with Crippen molar-refractivity contribution in [3.8, 4) is 16.9 Å². The lowest BCUT2D eigenvalue weighted by Gasteiger charge is -2.16. The number of hydrogen-bond acceptors (Lipinski definition) is 3. The highest BCUT2D eigenvalue weighted by Crippen LogP contribution is 2.28. The summed E-state index contributed by atoms with van der Waals surface area (Å²) in [7, 11) is 0. The highest BCUT2D eigenvalue weighted by Gasteiger charge is 2.43. The molecule has 0 saturated heterocycles. The van der Waals surface area contributed by atoms with E-state index in [1.165, 1.54) is 18.2 Å². The van der Waals surface area contributed by atoms with E-state index >= 15 is 0 Å². The van der Waals surface area contributed by atoms with Gasteiger partial charge in [-0.25, -0.2) is 4.79 Å². The molecule has 0 amide bonds. The molecular formula is C26H22F4O3. The van der Waals surface area contributed by atoms with E-state index in [0.29, 0.717) is 11.1 Å². The number of esters is 1. The van der Waals surface area contributed by atoms with Crippen molar-refractivity contribution < 1.29 is 31.8 Å². The molecule has 0 unspecified atom stereocenters. The smallest absolute Gasteiger partial charge is 0.457 e. The second-order valence-electron chi connectivity index (χ2n) is 7.39. The lowest BCUT2D eigenvalue weighted by atomic mass is 9.97. The third-order valence-corrected chi connectivity index (χ3v) is 4.98. The van der Waals surface area contributed by atoms with Gasteiger partial charge in [-0.3, -0.25) is 0 Å². The maximum atomic E-state index is 13.0. The van der Waals surface area contributed by atoms with Crippen molar-refractivity contribution in [2.45, 2.75) is 33.0 Å². The summed E-state index contributed by atoms with van der Waals surface area (Å²) in [6.45, 7) is 3.62. The van der Waals surface area contributed by atoms with Crippen LogP contribution >= 0.6 is 0 Å². The molecule has 0 aliphatic rings. The van der Waals surface area contributed by atoms with Gasteiger partial charge in [-0.1, -0.05) is 60.7 Å². The first kappa shape index (κ1) is 24.0. The molecule has 33 heavy (non-hydrogen) atoms. The molecule has 0 aliphatic carbocycles. The molecule has 172 valence electrons. The number of halogens is 4. The summed E-state index contributed by atoms with van der Waals surface area (Å²) in [5.74, 6) is -0.949. The van der Waals surface area contributed by atoms with Gasteiger partial charge in [0, 0.05) is 5.57 Å². The Balaban J connectivity index is 1.64. The molecule has 3 rings (SSSR count). The first-order chi connectivity index (χ1) is 15.7. The van der Waals surface area contributed by atoms with E-state index in [0.717, 1.165) is 34.4 Å². The minimum Gasteiger partial charge on any atom is -0.457 e. The minimum absolute atomic E-state index is 0.0893. The van der Waals surface area contributed by atoms with Crippen LogP contribution < -0.4 is 4.74 Å². The van der Waals surface area contributed by atoms with Crippen LogP contribution in [0.15, 0.2) is 78.4 Å². The van der Waals surface area contributed by atoms with E-state index in [1.54, 1.807) is 6.92 Å². The lowest BCUT2D eigenvalue weighted by Crippen LogP contribution is -2.33. The Morgan fingerprint density at radius 1 is 0.970 bits per heavy atom. The molecule has 3 aromatic carbocycles. The van der Waals surface area contributed by atoms with E-state index in [-0.39, 0.29) is 6.61 Å². The zero-order valence-electron chi connectivity index (χ0n) is 18.0. The van der Waals surface area contributed by atoms with Crippen molar-refractivity contribution >= 4 is 12.0 Å². The summed E-state index contributed by atoms with van der Waals surface area (Å²) in [4.78, 5) is 12.4. The highest BCUT2D eigenvalue weighted by atomic mass is 19.3. The van der Waals surface area contributed by atoms with Crippen molar-refractivity contribution in [2.24, 2.45) is 0 Å². The predicted octanol–water partition coefficient (Wildman–Crippen LogP) is 7.05. The zero-order valence-corrected chi connectivity index (χ0v) is 18.0. The van der Waals surface area contributed by atoms with Gasteiger partial charge in [-0.05, 0) is 59.9 Å². The molecular weight excluding hydrogens is 436 g/mol. The Morgan fingerprint density at radius 2 is 1.64 bits per heavy atom. The van der Waals surface area contributed by atoms with E-state index < -0.39 is 24.3 Å². The summed E-state index contributed by atoms with van der Waals surface area (Å²) in [6, 6.07) is 20.7. The van der Waals surface area contributed by atoms with Gasteiger partial charge in [-0.2, -0.15) is 17.6 Å². The van der Waals surface area contributed by atoms with E-state index in [1.807, 2.05) is 55.5 Å². The van der Waals surface area contributed by atoms with Crippen LogP contribution in [0.25, 0.3) is 17.2 Å². The Kier molecular flexibility index (Phi) is 7.53. The Bertz CT molecular complexity index is 1120. The van der Waals surface area contributed by atoms with Crippen LogP contribution in [0.3, 0.4) is 0 Å². The Morgan fingerprint density at radius 3 is 2.27 bits per heavy atom. The average Bonchev–Trinajstić information content (AvgIpc) is 2.79. The van der Waals surface area contributed by atoms with Crippen molar-refractivity contribution in [1.82, 2.24) is 0 Å². The molecule has 0 aliphatic heterocycles. The number of rotatable bonds is 8. The molecule has 0 fully saturated rings. The highest BCUT2D eigenvalue weighted by molar-refractivity contribution is 5.93. The number of hydrogen-bond donors (Lipinski definition) is 0. The van der Waals surface area contributed by atoms with Crippen LogP contribution in [0.2, 0.25) is 0 Å². The van der Waals surface area contributed by atoms with Crippen LogP contribution in [-0.2, 0) is 16.1 Å². The predicted molar refractivity (Wildman–Crippen MR) is 118 cm³/mol. The molecule has 0 N–H and O–H groups in total. The van der Waals surface area contributed by atoms with Crippen LogP contribution in [0.4, 0.5) is 17.6 Å². The monoisotopic (exact) mass is 458 g/mol. The third-order valence-electron chi connectivity index (χ3n) is 4.98. The largest absolute Gasteiger partial charge is 0.461 e. The van der Waals surface area contributed by atoms with Gasteiger partial charge < -0.3 is 9.47 Å². The molecule has 7 heteroatoms. The number of carbonyl (C=O) groups excluding carboxylic acids is 1. The van der Waals surface area contributed by atoms with E-state index in [4.69, 9.17) is 4.74 Å². The second kappa shape index (κ2) is 10.3. The molecule has 0 bridgehead atoms. The lowest BCUT2D eigenvalue weighted by molar-refractivity contribution is -0.253. The average molecular weight is 458 g/mol. The number of benzene rings is 3. The maximum Gasteiger partial charge on any atom is 0.461 e. The van der Waals surface area contributed by atoms with Crippen molar-refractivity contribution in [1.29, 1.82) is 0 Å². The minimum atomic E-state index is -4.58. The first-order valence-corrected chi connectivity index (χ1v) is 10.1. The quantitative estimate of drug-likeness (QED) is 0.206. The SMILES string of the molecule is C/C(=C\c1ccc(OC(F)(F)C(F)F)cc1)C(=O)OCc1cccc(-c2ccccc2)c1C. The topological polar surface area (TPSA) is 35.5 Å². The van der Waals surface area contributed by atoms with Gasteiger partial charge in [0.05, 0.1) is 0 Å². The summed E-state index contributed by atoms with van der Waals surface area (Å²) >= 11 is 0. The van der Waals surface area contributed by atoms with Gasteiger partial charge in [-0.15, -0.1) is 0 Å². The molecule has 0 atom stereocenters. The zero-order chi connectivity index (χ0) is 24.0. The molecule has 0 spiro atoms. The normalized spacial score (nSPS) is 12.0. The first-order valence-electron chi connectivity index (χ1n) is 10.1. The van der Waals surface area contributed by atoms with Crippen LogP contribution in [0.1, 0.15) is 23.6 Å². The van der Waals surface area contributed by atoms with E-state index in [9.17, 15) is 22.4 Å². The molecule has 0 radical (unpaired) electrons. The molecule has 3 nitrogen and oxygen atoms in total. The van der Waals surface area contributed by atoms with Crippen LogP contribution in [0.5, 0.6) is 5.75 Å². The summed E-state index contributed by atoms with van der Waals surface area (Å²) in [5, 5.41) is 0. The third kappa shape index (κ3) is 6.22. The van der Waals surface area contributed by atoms with E-state index in [2.05, 4.69) is 4.74 Å². The summed E-state index contributed by atoms with van der Waals surface area (Å²) in [5.41, 5.74) is 4.79. The maximum absolute atomic E-state index is 13.0. The number of carbonyl (C=O) groups is 1. The fourth-order valence-electron chi connectivity index (χ4n) is 3.17. The molecule has 0 heterocycles. The van der Waals surface area contributed by atoms with Gasteiger partial charge in [0.1, 0.15) is 12.4 Å². The van der Waals surface area contributed by atoms with Crippen molar-refractivity contribution in [3.63, 3.8) is 0 Å². The standard InChI is InChI=1S/C26H22F4O3/c1-17(15-19-11-13-22(14-12-19)33-26(29,30)25(27)28)24(31)32-16-21-9-6-10-23(18(21)2)20-7-4-3-5-8-20/h3-15,25H,16H2,1-2H3/b17-15+. The fourth-order valence-corrected chi connectivity index (χ4v) is 3.17. The van der Waals surface area contributed by atoms with Crippen molar-refractivity contribution in [2.75, 3.05) is 0 Å². The van der Waals surface area contributed by atoms with Crippen LogP contribution in [0, 0.1) is 6.92 Å². The fraction of sp³-hybridized carbons (Fsp3) is 0.192. The molecule has 3 aromatic rings. The van der Waals surface area contributed by atoms with Crippen LogP contribution in [-0.4, -0.2) is 18.5 Å². The number of ether oxygens (including phenoxy) is 2. The van der Waals surface area contributed by atoms with Gasteiger partial charge in [0.15, 0.2) is 0 Å². The Labute approximate surface area is 189 Å². The second-order valence-corrected chi connectivity index (χ2v) is 7.39. The molecule has 0 saturated carbocycles. The van der Waals surface area contributed by atoms with Gasteiger partial charge in [0.25, 0.3) is 0 Å².